The largest absolute Gasteiger partial charge is 0.507 e. The van der Waals surface area contributed by atoms with Crippen molar-refractivity contribution >= 4 is 22.0 Å². The van der Waals surface area contributed by atoms with E-state index in [9.17, 15) is 5.11 Å². The second-order valence-electron chi connectivity index (χ2n) is 13.8. The third-order valence-electron chi connectivity index (χ3n) is 9.12. The Labute approximate surface area is 270 Å². The SMILES string of the molecule is Cc1cc(-c2cc(-c3cc(C(C)(C)C)cc4cccnc34)cc(C(C)(C)c3ccccc3)c2)c2nc(-c3ccccc3O)oc2c1. The van der Waals surface area contributed by atoms with Gasteiger partial charge in [0.15, 0.2) is 5.58 Å². The van der Waals surface area contributed by atoms with Gasteiger partial charge in [-0.1, -0.05) is 95.3 Å². The lowest BCUT2D eigenvalue weighted by molar-refractivity contribution is 0.474. The van der Waals surface area contributed by atoms with Crippen molar-refractivity contribution in [3.8, 4) is 39.5 Å². The molecule has 7 aromatic rings. The summed E-state index contributed by atoms with van der Waals surface area (Å²) in [4.78, 5) is 9.86. The van der Waals surface area contributed by atoms with E-state index in [4.69, 9.17) is 14.4 Å². The number of benzene rings is 5. The summed E-state index contributed by atoms with van der Waals surface area (Å²) in [6.45, 7) is 13.4. The average molecular weight is 603 g/mol. The number of para-hydroxylation sites is 1. The lowest BCUT2D eigenvalue weighted by atomic mass is 9.76. The number of nitrogens with zero attached hydrogens (tertiary/aromatic N) is 2. The fraction of sp³-hybridized carbons (Fsp3) is 0.190. The molecule has 0 amide bonds. The van der Waals surface area contributed by atoms with E-state index in [1.807, 2.05) is 30.5 Å². The molecule has 0 fully saturated rings. The molecule has 7 rings (SSSR count). The van der Waals surface area contributed by atoms with Crippen LogP contribution in [0.1, 0.15) is 56.9 Å². The molecule has 4 nitrogen and oxygen atoms in total. The highest BCUT2D eigenvalue weighted by molar-refractivity contribution is 5.98. The maximum Gasteiger partial charge on any atom is 0.231 e. The molecule has 5 aromatic carbocycles. The van der Waals surface area contributed by atoms with Crippen LogP contribution >= 0.6 is 0 Å². The molecule has 0 aliphatic rings. The highest BCUT2D eigenvalue weighted by Crippen LogP contribution is 2.42. The van der Waals surface area contributed by atoms with Gasteiger partial charge in [-0.25, -0.2) is 4.98 Å². The van der Waals surface area contributed by atoms with E-state index in [0.717, 1.165) is 44.2 Å². The molecule has 2 heterocycles. The van der Waals surface area contributed by atoms with Crippen LogP contribution in [0.15, 0.2) is 120 Å². The summed E-state index contributed by atoms with van der Waals surface area (Å²) < 4.78 is 6.29. The smallest absolute Gasteiger partial charge is 0.231 e. The minimum Gasteiger partial charge on any atom is -0.507 e. The third-order valence-corrected chi connectivity index (χ3v) is 9.12. The monoisotopic (exact) mass is 602 g/mol. The molecule has 46 heavy (non-hydrogen) atoms. The minimum atomic E-state index is -0.287. The summed E-state index contributed by atoms with van der Waals surface area (Å²) in [5, 5.41) is 11.7. The fourth-order valence-electron chi connectivity index (χ4n) is 6.32. The molecule has 0 aliphatic carbocycles. The Balaban J connectivity index is 1.53. The summed E-state index contributed by atoms with van der Waals surface area (Å²) in [6, 6.07) is 37.6. The standard InChI is InChI=1S/C42H38N2O2/c1-26-19-34(39-37(20-26)46-40(44-39)33-16-10-11-17-36(33)45)28-21-29(24-32(23-28)42(5,6)30-14-8-7-9-15-30)35-25-31(41(2,3)4)22-27-13-12-18-43-38(27)35/h7-25,45H,1-6H3. The van der Waals surface area contributed by atoms with Gasteiger partial charge in [0, 0.05) is 28.1 Å². The lowest BCUT2D eigenvalue weighted by Gasteiger charge is -2.28. The molecule has 0 atom stereocenters. The van der Waals surface area contributed by atoms with Crippen LogP contribution in [0.2, 0.25) is 0 Å². The lowest BCUT2D eigenvalue weighted by Crippen LogP contribution is -2.19. The first-order valence-electron chi connectivity index (χ1n) is 15.8. The molecule has 4 heteroatoms. The number of oxazole rings is 1. The number of aryl methyl sites for hydroxylation is 1. The van der Waals surface area contributed by atoms with Gasteiger partial charge < -0.3 is 9.52 Å². The van der Waals surface area contributed by atoms with Gasteiger partial charge in [0.2, 0.25) is 5.89 Å². The summed E-state index contributed by atoms with van der Waals surface area (Å²) >= 11 is 0. The fourth-order valence-corrected chi connectivity index (χ4v) is 6.32. The van der Waals surface area contributed by atoms with E-state index in [-0.39, 0.29) is 16.6 Å². The van der Waals surface area contributed by atoms with Crippen molar-refractivity contribution in [3.05, 3.63) is 138 Å². The van der Waals surface area contributed by atoms with Gasteiger partial charge in [0.25, 0.3) is 0 Å². The Morgan fingerprint density at radius 1 is 0.609 bits per heavy atom. The van der Waals surface area contributed by atoms with Crippen molar-refractivity contribution in [1.29, 1.82) is 0 Å². The minimum absolute atomic E-state index is 0.0364. The van der Waals surface area contributed by atoms with Crippen LogP contribution in [-0.2, 0) is 10.8 Å². The topological polar surface area (TPSA) is 59.2 Å². The Kier molecular flexibility index (Phi) is 7.05. The zero-order valence-electron chi connectivity index (χ0n) is 27.2. The van der Waals surface area contributed by atoms with Crippen LogP contribution in [0.25, 0.3) is 55.7 Å². The maximum atomic E-state index is 10.6. The van der Waals surface area contributed by atoms with Crippen LogP contribution in [0.5, 0.6) is 5.75 Å². The van der Waals surface area contributed by atoms with E-state index in [1.54, 1.807) is 12.1 Å². The van der Waals surface area contributed by atoms with Crippen LogP contribution in [0.4, 0.5) is 0 Å². The van der Waals surface area contributed by atoms with Crippen molar-refractivity contribution in [3.63, 3.8) is 0 Å². The molecule has 228 valence electrons. The Hall–Kier alpha value is -5.22. The van der Waals surface area contributed by atoms with Crippen molar-refractivity contribution < 1.29 is 9.52 Å². The van der Waals surface area contributed by atoms with Gasteiger partial charge in [-0.15, -0.1) is 0 Å². The molecular weight excluding hydrogens is 564 g/mol. The van der Waals surface area contributed by atoms with Crippen molar-refractivity contribution in [2.24, 2.45) is 0 Å². The van der Waals surface area contributed by atoms with Crippen molar-refractivity contribution in [2.45, 2.75) is 52.4 Å². The van der Waals surface area contributed by atoms with Gasteiger partial charge in [0.05, 0.1) is 11.1 Å². The van der Waals surface area contributed by atoms with Crippen LogP contribution in [0.3, 0.4) is 0 Å². The number of hydrogen-bond acceptors (Lipinski definition) is 4. The van der Waals surface area contributed by atoms with E-state index in [0.29, 0.717) is 17.0 Å². The van der Waals surface area contributed by atoms with Crippen LogP contribution < -0.4 is 0 Å². The van der Waals surface area contributed by atoms with Gasteiger partial charge in [-0.05, 0) is 94.3 Å². The second kappa shape index (κ2) is 11.0. The van der Waals surface area contributed by atoms with Gasteiger partial charge in [-0.2, -0.15) is 0 Å². The number of aromatic hydroxyl groups is 1. The number of fused-ring (bicyclic) bond motifs is 2. The predicted molar refractivity (Wildman–Crippen MR) is 189 cm³/mol. The molecule has 0 saturated heterocycles. The summed E-state index contributed by atoms with van der Waals surface area (Å²) in [5.41, 5.74) is 11.7. The van der Waals surface area contributed by atoms with Crippen molar-refractivity contribution in [2.75, 3.05) is 0 Å². The first kappa shape index (κ1) is 29.5. The maximum absolute atomic E-state index is 10.6. The number of aromatic nitrogens is 2. The predicted octanol–water partition coefficient (Wildman–Crippen LogP) is 11.0. The number of hydrogen-bond donors (Lipinski definition) is 1. The van der Waals surface area contributed by atoms with E-state index in [1.165, 1.54) is 16.7 Å². The van der Waals surface area contributed by atoms with Gasteiger partial charge in [0.1, 0.15) is 11.3 Å². The summed E-state index contributed by atoms with van der Waals surface area (Å²) in [7, 11) is 0. The number of phenolic OH excluding ortho intramolecular Hbond substituents is 1. The highest BCUT2D eigenvalue weighted by Gasteiger charge is 2.26. The molecule has 0 radical (unpaired) electrons. The van der Waals surface area contributed by atoms with Gasteiger partial charge >= 0.3 is 0 Å². The molecule has 0 unspecified atom stereocenters. The molecular formula is C42H38N2O2. The third kappa shape index (κ3) is 5.24. The molecule has 0 aliphatic heterocycles. The Bertz CT molecular complexity index is 2240. The number of rotatable bonds is 5. The first-order valence-corrected chi connectivity index (χ1v) is 15.8. The van der Waals surface area contributed by atoms with Gasteiger partial charge in [-0.3, -0.25) is 4.98 Å². The Morgan fingerprint density at radius 2 is 1.30 bits per heavy atom. The average Bonchev–Trinajstić information content (AvgIpc) is 3.47. The highest BCUT2D eigenvalue weighted by atomic mass is 16.3. The quantitative estimate of drug-likeness (QED) is 0.213. The molecule has 0 bridgehead atoms. The molecule has 0 saturated carbocycles. The molecule has 0 spiro atoms. The molecule has 1 N–H and O–H groups in total. The van der Waals surface area contributed by atoms with E-state index < -0.39 is 0 Å². The summed E-state index contributed by atoms with van der Waals surface area (Å²) in [6.07, 6.45) is 1.88. The van der Waals surface area contributed by atoms with Crippen molar-refractivity contribution in [1.82, 2.24) is 9.97 Å². The van der Waals surface area contributed by atoms with E-state index in [2.05, 4.69) is 114 Å². The number of phenols is 1. The molecule has 2 aromatic heterocycles. The zero-order valence-corrected chi connectivity index (χ0v) is 27.2. The van der Waals surface area contributed by atoms with Crippen LogP contribution in [0, 0.1) is 6.92 Å². The first-order chi connectivity index (χ1) is 22.0. The summed E-state index contributed by atoms with van der Waals surface area (Å²) in [5.74, 6) is 0.536. The Morgan fingerprint density at radius 3 is 2.02 bits per heavy atom. The zero-order chi connectivity index (χ0) is 32.2. The normalized spacial score (nSPS) is 12.2. The van der Waals surface area contributed by atoms with Crippen LogP contribution in [-0.4, -0.2) is 15.1 Å². The second-order valence-corrected chi connectivity index (χ2v) is 13.8. The van der Waals surface area contributed by atoms with E-state index >= 15 is 0 Å². The number of pyridine rings is 1.